The minimum Gasteiger partial charge on any atom is -0.493 e. The lowest BCUT2D eigenvalue weighted by molar-refractivity contribution is -0.108. The monoisotopic (exact) mass is 398 g/mol. The Labute approximate surface area is 175 Å². The topological polar surface area (TPSA) is 77.0 Å². The maximum atomic E-state index is 10.5. The molecule has 0 unspecified atom stereocenters. The maximum Gasteiger partial charge on any atom is 0.163 e. The molecule has 0 radical (unpaired) electrons. The molecule has 0 aliphatic rings. The molecule has 4 rings (SSSR count). The predicted molar refractivity (Wildman–Crippen MR) is 119 cm³/mol. The number of aromatic nitrogens is 3. The number of carbonyl (C=O) groups excluding carboxylic acids is 1. The molecule has 6 nitrogen and oxygen atoms in total. The van der Waals surface area contributed by atoms with Crippen molar-refractivity contribution in [3.8, 4) is 28.3 Å². The Morgan fingerprint density at radius 2 is 1.93 bits per heavy atom. The average Bonchev–Trinajstić information content (AvgIpc) is 2.81. The number of nitrogens with one attached hydrogen (secondary N) is 1. The Kier molecular flexibility index (Phi) is 5.94. The highest BCUT2D eigenvalue weighted by Gasteiger charge is 2.12. The number of rotatable bonds is 8. The van der Waals surface area contributed by atoms with Crippen LogP contribution in [0.25, 0.3) is 33.4 Å². The van der Waals surface area contributed by atoms with Crippen molar-refractivity contribution >= 4 is 23.0 Å². The number of ether oxygens (including phenoxy) is 1. The number of para-hydroxylation sites is 1. The van der Waals surface area contributed by atoms with Crippen LogP contribution in [0, 0.1) is 0 Å². The zero-order valence-corrected chi connectivity index (χ0v) is 16.7. The zero-order chi connectivity index (χ0) is 20.8. The van der Waals surface area contributed by atoms with Crippen molar-refractivity contribution in [2.24, 2.45) is 0 Å². The average molecular weight is 398 g/mol. The van der Waals surface area contributed by atoms with Gasteiger partial charge in [-0.05, 0) is 42.3 Å². The van der Waals surface area contributed by atoms with Gasteiger partial charge in [0.25, 0.3) is 0 Å². The molecule has 0 spiro atoms. The summed E-state index contributed by atoms with van der Waals surface area (Å²) in [6.45, 7) is 0.503. The predicted octanol–water partition coefficient (Wildman–Crippen LogP) is 4.76. The van der Waals surface area contributed by atoms with Gasteiger partial charge in [0.2, 0.25) is 0 Å². The molecule has 0 bridgehead atoms. The first kappa shape index (κ1) is 19.5. The second-order valence-corrected chi connectivity index (χ2v) is 6.77. The van der Waals surface area contributed by atoms with Crippen molar-refractivity contribution in [1.29, 1.82) is 0 Å². The number of aldehydes is 1. The lowest BCUT2D eigenvalue weighted by Crippen LogP contribution is -2.00. The van der Waals surface area contributed by atoms with Gasteiger partial charge in [0, 0.05) is 42.4 Å². The summed E-state index contributed by atoms with van der Waals surface area (Å²) in [6.07, 6.45) is 5.60. The van der Waals surface area contributed by atoms with E-state index in [0.29, 0.717) is 25.3 Å². The summed E-state index contributed by atoms with van der Waals surface area (Å²) >= 11 is 0. The van der Waals surface area contributed by atoms with Crippen LogP contribution in [0.15, 0.2) is 67.0 Å². The summed E-state index contributed by atoms with van der Waals surface area (Å²) in [5.74, 6) is 2.18. The molecule has 0 aliphatic carbocycles. The number of benzene rings is 2. The van der Waals surface area contributed by atoms with E-state index in [9.17, 15) is 4.79 Å². The van der Waals surface area contributed by atoms with Crippen LogP contribution >= 0.6 is 0 Å². The molecule has 2 aromatic carbocycles. The molecule has 150 valence electrons. The molecule has 4 aromatic rings. The van der Waals surface area contributed by atoms with Crippen LogP contribution in [0.5, 0.6) is 5.75 Å². The van der Waals surface area contributed by atoms with Gasteiger partial charge in [-0.15, -0.1) is 0 Å². The van der Waals surface area contributed by atoms with Gasteiger partial charge >= 0.3 is 0 Å². The highest BCUT2D eigenvalue weighted by molar-refractivity contribution is 5.94. The summed E-state index contributed by atoms with van der Waals surface area (Å²) in [4.78, 5) is 24.1. The van der Waals surface area contributed by atoms with Crippen molar-refractivity contribution < 1.29 is 9.53 Å². The Hall–Kier alpha value is -3.80. The van der Waals surface area contributed by atoms with E-state index in [0.717, 1.165) is 45.4 Å². The number of pyridine rings is 1. The van der Waals surface area contributed by atoms with Crippen molar-refractivity contribution in [2.75, 3.05) is 19.0 Å². The fourth-order valence-electron chi connectivity index (χ4n) is 3.29. The lowest BCUT2D eigenvalue weighted by atomic mass is 10.0. The van der Waals surface area contributed by atoms with E-state index < -0.39 is 0 Å². The number of hydrogen-bond donors (Lipinski definition) is 1. The first-order valence-corrected chi connectivity index (χ1v) is 9.86. The highest BCUT2D eigenvalue weighted by Crippen LogP contribution is 2.34. The van der Waals surface area contributed by atoms with Gasteiger partial charge in [0.1, 0.15) is 17.9 Å². The van der Waals surface area contributed by atoms with E-state index in [4.69, 9.17) is 14.7 Å². The quantitative estimate of drug-likeness (QED) is 0.341. The van der Waals surface area contributed by atoms with Crippen LogP contribution < -0.4 is 10.1 Å². The third kappa shape index (κ3) is 4.12. The van der Waals surface area contributed by atoms with E-state index >= 15 is 0 Å². The Bertz CT molecular complexity index is 1160. The number of nitrogens with zero attached hydrogens (tertiary/aromatic N) is 3. The summed E-state index contributed by atoms with van der Waals surface area (Å²) in [5, 5.41) is 4.11. The van der Waals surface area contributed by atoms with Crippen LogP contribution in [0.1, 0.15) is 12.8 Å². The van der Waals surface area contributed by atoms with Crippen LogP contribution in [-0.4, -0.2) is 34.9 Å². The minimum absolute atomic E-state index is 0.500. The van der Waals surface area contributed by atoms with Gasteiger partial charge in [-0.3, -0.25) is 4.98 Å². The number of fused-ring (bicyclic) bond motifs is 1. The molecule has 2 heterocycles. The van der Waals surface area contributed by atoms with E-state index in [-0.39, 0.29) is 0 Å². The van der Waals surface area contributed by atoms with Gasteiger partial charge in [-0.2, -0.15) is 0 Å². The first-order valence-electron chi connectivity index (χ1n) is 9.86. The zero-order valence-electron chi connectivity index (χ0n) is 16.7. The number of unbranched alkanes of at least 4 members (excludes halogenated alkanes) is 1. The van der Waals surface area contributed by atoms with Gasteiger partial charge < -0.3 is 14.8 Å². The van der Waals surface area contributed by atoms with Crippen molar-refractivity contribution in [2.45, 2.75) is 12.8 Å². The van der Waals surface area contributed by atoms with Crippen LogP contribution in [0.2, 0.25) is 0 Å². The van der Waals surface area contributed by atoms with Crippen molar-refractivity contribution in [3.63, 3.8) is 0 Å². The SMILES string of the molecule is CNc1nc(-c2cccnc2)nc2ccc(-c3ccccc3OCCCC=O)cc12. The third-order valence-corrected chi connectivity index (χ3v) is 4.77. The van der Waals surface area contributed by atoms with Gasteiger partial charge in [0.05, 0.1) is 12.1 Å². The fourth-order valence-corrected chi connectivity index (χ4v) is 3.29. The molecule has 0 atom stereocenters. The minimum atomic E-state index is 0.500. The standard InChI is InChI=1S/C24H22N4O2/c1-25-24-20-15-17(19-8-2-3-9-22(19)30-14-5-4-13-29)10-11-21(20)27-23(28-24)18-7-6-12-26-16-18/h2-3,6-13,15-16H,4-5,14H2,1H3,(H,25,27,28). The molecule has 0 saturated heterocycles. The molecular weight excluding hydrogens is 376 g/mol. The summed E-state index contributed by atoms with van der Waals surface area (Å²) < 4.78 is 5.93. The van der Waals surface area contributed by atoms with Gasteiger partial charge in [-0.1, -0.05) is 24.3 Å². The van der Waals surface area contributed by atoms with Crippen molar-refractivity contribution in [1.82, 2.24) is 15.0 Å². The third-order valence-electron chi connectivity index (χ3n) is 4.77. The lowest BCUT2D eigenvalue weighted by Gasteiger charge is -2.13. The summed E-state index contributed by atoms with van der Waals surface area (Å²) in [7, 11) is 1.85. The van der Waals surface area contributed by atoms with Gasteiger partial charge in [-0.25, -0.2) is 9.97 Å². The number of hydrogen-bond acceptors (Lipinski definition) is 6. The van der Waals surface area contributed by atoms with E-state index in [1.165, 1.54) is 0 Å². The molecule has 0 amide bonds. The molecule has 2 aromatic heterocycles. The van der Waals surface area contributed by atoms with Crippen LogP contribution in [0.3, 0.4) is 0 Å². The van der Waals surface area contributed by atoms with Crippen LogP contribution in [-0.2, 0) is 4.79 Å². The Morgan fingerprint density at radius 1 is 1.03 bits per heavy atom. The maximum absolute atomic E-state index is 10.5. The van der Waals surface area contributed by atoms with E-state index in [1.807, 2.05) is 55.6 Å². The number of anilines is 1. The first-order chi connectivity index (χ1) is 14.8. The molecule has 1 N–H and O–H groups in total. The van der Waals surface area contributed by atoms with Crippen LogP contribution in [0.4, 0.5) is 5.82 Å². The second-order valence-electron chi connectivity index (χ2n) is 6.77. The number of carbonyl (C=O) groups is 1. The van der Waals surface area contributed by atoms with Gasteiger partial charge in [0.15, 0.2) is 5.82 Å². The van der Waals surface area contributed by atoms with E-state index in [1.54, 1.807) is 12.4 Å². The normalized spacial score (nSPS) is 10.7. The fraction of sp³-hybridized carbons (Fsp3) is 0.167. The smallest absolute Gasteiger partial charge is 0.163 e. The largest absolute Gasteiger partial charge is 0.493 e. The molecule has 0 saturated carbocycles. The molecule has 30 heavy (non-hydrogen) atoms. The van der Waals surface area contributed by atoms with Crippen molar-refractivity contribution in [3.05, 3.63) is 67.0 Å². The molecule has 0 fully saturated rings. The highest BCUT2D eigenvalue weighted by atomic mass is 16.5. The molecule has 0 aliphatic heterocycles. The summed E-state index contributed by atoms with van der Waals surface area (Å²) in [6, 6.07) is 17.8. The molecule has 6 heteroatoms. The Balaban J connectivity index is 1.73. The Morgan fingerprint density at radius 3 is 2.73 bits per heavy atom. The molecular formula is C24H22N4O2. The second kappa shape index (κ2) is 9.13. The van der Waals surface area contributed by atoms with E-state index in [2.05, 4.69) is 16.4 Å². The summed E-state index contributed by atoms with van der Waals surface area (Å²) in [5.41, 5.74) is 3.72.